The fraction of sp³-hybridized carbons (Fsp3) is 0.389. The standard InChI is InChI=1S/C18H23N3/c1-14-5-6-16(19-12-14)13-20-18-8-7-17(11-15(18)2)21-9-3-4-10-21/h5-8,11-12,20H,3-4,9-10,13H2,1-2H3. The first-order valence-corrected chi connectivity index (χ1v) is 7.73. The lowest BCUT2D eigenvalue weighted by atomic mass is 10.1. The number of pyridine rings is 1. The molecule has 1 N–H and O–H groups in total. The van der Waals surface area contributed by atoms with Crippen molar-refractivity contribution in [3.63, 3.8) is 0 Å². The van der Waals surface area contributed by atoms with Crippen molar-refractivity contribution in [3.8, 4) is 0 Å². The Bertz CT molecular complexity index is 598. The van der Waals surface area contributed by atoms with Gasteiger partial charge in [0.05, 0.1) is 12.2 Å². The van der Waals surface area contributed by atoms with Crippen LogP contribution in [0.4, 0.5) is 11.4 Å². The Hall–Kier alpha value is -2.03. The summed E-state index contributed by atoms with van der Waals surface area (Å²) in [5, 5.41) is 3.49. The molecular formula is C18H23N3. The molecule has 2 aromatic rings. The highest BCUT2D eigenvalue weighted by Crippen LogP contribution is 2.25. The zero-order valence-corrected chi connectivity index (χ0v) is 12.9. The molecular weight excluding hydrogens is 258 g/mol. The molecule has 0 radical (unpaired) electrons. The Morgan fingerprint density at radius 3 is 2.57 bits per heavy atom. The topological polar surface area (TPSA) is 28.2 Å². The zero-order chi connectivity index (χ0) is 14.7. The van der Waals surface area contributed by atoms with E-state index in [9.17, 15) is 0 Å². The van der Waals surface area contributed by atoms with Crippen LogP contribution in [0.5, 0.6) is 0 Å². The smallest absolute Gasteiger partial charge is 0.0594 e. The molecule has 3 heteroatoms. The molecule has 1 aromatic carbocycles. The van der Waals surface area contributed by atoms with E-state index in [0.29, 0.717) is 0 Å². The lowest BCUT2D eigenvalue weighted by Crippen LogP contribution is -2.17. The third-order valence-electron chi connectivity index (χ3n) is 4.11. The molecule has 0 aliphatic carbocycles. The van der Waals surface area contributed by atoms with Gasteiger partial charge in [-0.25, -0.2) is 0 Å². The van der Waals surface area contributed by atoms with E-state index < -0.39 is 0 Å². The van der Waals surface area contributed by atoms with Crippen LogP contribution in [0.15, 0.2) is 36.5 Å². The van der Waals surface area contributed by atoms with Crippen LogP contribution in [0.2, 0.25) is 0 Å². The first kappa shape index (κ1) is 13.9. The second-order valence-electron chi connectivity index (χ2n) is 5.87. The fourth-order valence-corrected chi connectivity index (χ4v) is 2.81. The number of nitrogens with zero attached hydrogens (tertiary/aromatic N) is 2. The van der Waals surface area contributed by atoms with Gasteiger partial charge in [-0.05, 0) is 62.1 Å². The monoisotopic (exact) mass is 281 g/mol. The Balaban J connectivity index is 1.66. The van der Waals surface area contributed by atoms with Gasteiger partial charge in [0.25, 0.3) is 0 Å². The maximum atomic E-state index is 4.43. The zero-order valence-electron chi connectivity index (χ0n) is 12.9. The normalized spacial score (nSPS) is 14.5. The molecule has 0 spiro atoms. The van der Waals surface area contributed by atoms with Gasteiger partial charge in [0.15, 0.2) is 0 Å². The van der Waals surface area contributed by atoms with Crippen LogP contribution < -0.4 is 10.2 Å². The number of aryl methyl sites for hydroxylation is 2. The summed E-state index contributed by atoms with van der Waals surface area (Å²) >= 11 is 0. The number of nitrogens with one attached hydrogen (secondary N) is 1. The number of hydrogen-bond acceptors (Lipinski definition) is 3. The van der Waals surface area contributed by atoms with Gasteiger partial charge in [-0.1, -0.05) is 6.07 Å². The number of anilines is 2. The molecule has 0 saturated carbocycles. The van der Waals surface area contributed by atoms with Crippen molar-refractivity contribution in [3.05, 3.63) is 53.3 Å². The van der Waals surface area contributed by atoms with Gasteiger partial charge in [-0.15, -0.1) is 0 Å². The van der Waals surface area contributed by atoms with E-state index in [1.165, 1.54) is 48.4 Å². The molecule has 0 atom stereocenters. The molecule has 3 rings (SSSR count). The maximum absolute atomic E-state index is 4.43. The average Bonchev–Trinajstić information content (AvgIpc) is 3.02. The highest BCUT2D eigenvalue weighted by atomic mass is 15.1. The van der Waals surface area contributed by atoms with Crippen molar-refractivity contribution in [2.75, 3.05) is 23.3 Å². The van der Waals surface area contributed by atoms with Gasteiger partial charge in [-0.3, -0.25) is 4.98 Å². The second-order valence-corrected chi connectivity index (χ2v) is 5.87. The summed E-state index contributed by atoms with van der Waals surface area (Å²) in [6, 6.07) is 10.9. The molecule has 1 fully saturated rings. The lowest BCUT2D eigenvalue weighted by molar-refractivity contribution is 0.949. The molecule has 3 nitrogen and oxygen atoms in total. The largest absolute Gasteiger partial charge is 0.379 e. The molecule has 0 bridgehead atoms. The van der Waals surface area contributed by atoms with Crippen LogP contribution in [0.25, 0.3) is 0 Å². The number of rotatable bonds is 4. The van der Waals surface area contributed by atoms with Crippen LogP contribution in [0, 0.1) is 13.8 Å². The molecule has 1 aromatic heterocycles. The lowest BCUT2D eigenvalue weighted by Gasteiger charge is -2.19. The molecule has 0 amide bonds. The van der Waals surface area contributed by atoms with Gasteiger partial charge in [0.2, 0.25) is 0 Å². The summed E-state index contributed by atoms with van der Waals surface area (Å²) in [5.74, 6) is 0. The van der Waals surface area contributed by atoms with E-state index in [0.717, 1.165) is 12.2 Å². The molecule has 2 heterocycles. The first-order chi connectivity index (χ1) is 10.2. The first-order valence-electron chi connectivity index (χ1n) is 7.73. The van der Waals surface area contributed by atoms with E-state index >= 15 is 0 Å². The van der Waals surface area contributed by atoms with E-state index in [4.69, 9.17) is 0 Å². The Morgan fingerprint density at radius 2 is 1.90 bits per heavy atom. The van der Waals surface area contributed by atoms with Crippen molar-refractivity contribution in [1.82, 2.24) is 4.98 Å². The highest BCUT2D eigenvalue weighted by molar-refractivity contribution is 5.60. The summed E-state index contributed by atoms with van der Waals surface area (Å²) in [7, 11) is 0. The van der Waals surface area contributed by atoms with Gasteiger partial charge < -0.3 is 10.2 Å². The minimum atomic E-state index is 0.768. The van der Waals surface area contributed by atoms with Crippen LogP contribution >= 0.6 is 0 Å². The van der Waals surface area contributed by atoms with E-state index in [2.05, 4.69) is 59.4 Å². The minimum Gasteiger partial charge on any atom is -0.379 e. The van der Waals surface area contributed by atoms with Crippen LogP contribution in [-0.2, 0) is 6.54 Å². The summed E-state index contributed by atoms with van der Waals surface area (Å²) in [6.07, 6.45) is 4.55. The summed E-state index contributed by atoms with van der Waals surface area (Å²) < 4.78 is 0. The molecule has 110 valence electrons. The SMILES string of the molecule is Cc1ccc(CNc2ccc(N3CCCC3)cc2C)nc1. The molecule has 1 saturated heterocycles. The Morgan fingerprint density at radius 1 is 1.10 bits per heavy atom. The third kappa shape index (κ3) is 3.35. The molecule has 1 aliphatic rings. The summed E-state index contributed by atoms with van der Waals surface area (Å²) in [4.78, 5) is 6.90. The van der Waals surface area contributed by atoms with E-state index in [1.807, 2.05) is 6.20 Å². The van der Waals surface area contributed by atoms with Crippen molar-refractivity contribution < 1.29 is 0 Å². The summed E-state index contributed by atoms with van der Waals surface area (Å²) in [5.41, 5.74) is 6.12. The summed E-state index contributed by atoms with van der Waals surface area (Å²) in [6.45, 7) is 7.39. The van der Waals surface area contributed by atoms with Crippen molar-refractivity contribution in [1.29, 1.82) is 0 Å². The van der Waals surface area contributed by atoms with Gasteiger partial charge in [0.1, 0.15) is 0 Å². The van der Waals surface area contributed by atoms with Gasteiger partial charge >= 0.3 is 0 Å². The van der Waals surface area contributed by atoms with Crippen LogP contribution in [-0.4, -0.2) is 18.1 Å². The Kier molecular flexibility index (Phi) is 4.09. The number of benzene rings is 1. The molecule has 1 aliphatic heterocycles. The fourth-order valence-electron chi connectivity index (χ4n) is 2.81. The van der Waals surface area contributed by atoms with Crippen LogP contribution in [0.1, 0.15) is 29.7 Å². The quantitative estimate of drug-likeness (QED) is 0.921. The number of hydrogen-bond donors (Lipinski definition) is 1. The highest BCUT2D eigenvalue weighted by Gasteiger charge is 2.12. The van der Waals surface area contributed by atoms with Gasteiger partial charge in [-0.2, -0.15) is 0 Å². The van der Waals surface area contributed by atoms with Crippen molar-refractivity contribution in [2.24, 2.45) is 0 Å². The maximum Gasteiger partial charge on any atom is 0.0594 e. The molecule has 21 heavy (non-hydrogen) atoms. The molecule has 0 unspecified atom stereocenters. The predicted molar refractivity (Wildman–Crippen MR) is 88.9 cm³/mol. The Labute approximate surface area is 127 Å². The predicted octanol–water partition coefficient (Wildman–Crippen LogP) is 3.91. The average molecular weight is 281 g/mol. The number of aromatic nitrogens is 1. The van der Waals surface area contributed by atoms with E-state index in [-0.39, 0.29) is 0 Å². The van der Waals surface area contributed by atoms with Crippen molar-refractivity contribution >= 4 is 11.4 Å². The van der Waals surface area contributed by atoms with Gasteiger partial charge in [0, 0.05) is 30.7 Å². The van der Waals surface area contributed by atoms with Crippen molar-refractivity contribution in [2.45, 2.75) is 33.2 Å². The van der Waals surface area contributed by atoms with E-state index in [1.54, 1.807) is 0 Å². The van der Waals surface area contributed by atoms with Crippen LogP contribution in [0.3, 0.4) is 0 Å². The minimum absolute atomic E-state index is 0.768. The third-order valence-corrected chi connectivity index (χ3v) is 4.11. The second kappa shape index (κ2) is 6.17.